The number of ether oxygens (including phenoxy) is 3. The normalized spacial score (nSPS) is 13.0. The number of rotatable bonds is 11. The zero-order chi connectivity index (χ0) is 31.2. The number of anilines is 3. The van der Waals surface area contributed by atoms with Gasteiger partial charge >= 0.3 is 5.97 Å². The van der Waals surface area contributed by atoms with Gasteiger partial charge in [-0.1, -0.05) is 0 Å². The molecule has 3 rings (SSSR count). The number of aryl methyl sites for hydroxylation is 2. The molecule has 12 nitrogen and oxygen atoms in total. The Labute approximate surface area is 253 Å². The van der Waals surface area contributed by atoms with Crippen molar-refractivity contribution >= 4 is 46.8 Å². The summed E-state index contributed by atoms with van der Waals surface area (Å²) in [6, 6.07) is 12.7. The molecule has 0 spiro atoms. The number of carbonyl (C=O) groups excluding carboxylic acids is 1. The zero-order valence-corrected chi connectivity index (χ0v) is 26.5. The van der Waals surface area contributed by atoms with Gasteiger partial charge in [0.1, 0.15) is 28.4 Å². The monoisotopic (exact) mass is 655 g/mol. The summed E-state index contributed by atoms with van der Waals surface area (Å²) in [5, 5.41) is 21.5. The number of nitrogens with one attached hydrogen (secondary N) is 1. The average Bonchev–Trinajstić information content (AvgIpc) is 2.93. The molecule has 0 aliphatic heterocycles. The Hall–Kier alpha value is -4.00. The maximum Gasteiger partial charge on any atom is 0.323 e. The minimum absolute atomic E-state index is 0.0169. The van der Waals surface area contributed by atoms with E-state index in [2.05, 4.69) is 37.1 Å². The fraction of sp³-hybridized carbons (Fsp3) is 0.321. The van der Waals surface area contributed by atoms with Crippen LogP contribution < -0.4 is 20.2 Å². The van der Waals surface area contributed by atoms with E-state index in [4.69, 9.17) is 19.9 Å². The van der Waals surface area contributed by atoms with Crippen molar-refractivity contribution < 1.29 is 23.6 Å². The maximum atomic E-state index is 14.7. The summed E-state index contributed by atoms with van der Waals surface area (Å²) in [7, 11) is -2.56. The molecule has 3 aromatic rings. The van der Waals surface area contributed by atoms with Crippen LogP contribution >= 0.6 is 23.4 Å². The molecule has 14 heteroatoms. The number of hydrogen-bond donors (Lipinski definition) is 2. The highest BCUT2D eigenvalue weighted by Gasteiger charge is 2.38. The van der Waals surface area contributed by atoms with Crippen molar-refractivity contribution in [2.75, 3.05) is 23.9 Å². The average molecular weight is 656 g/mol. The number of halogens is 1. The van der Waals surface area contributed by atoms with E-state index in [1.807, 2.05) is 6.07 Å². The number of nitrogen functional groups attached to an aromatic ring is 1. The second-order valence-corrected chi connectivity index (χ2v) is 12.7. The van der Waals surface area contributed by atoms with Gasteiger partial charge in [-0.25, -0.2) is 9.76 Å². The second-order valence-electron chi connectivity index (χ2n) is 9.61. The molecule has 0 amide bonds. The topological polar surface area (TPSA) is 176 Å². The number of hydrogen-bond acceptors (Lipinski definition) is 10. The summed E-state index contributed by atoms with van der Waals surface area (Å²) >= 11 is 3.38. The van der Waals surface area contributed by atoms with Crippen LogP contribution in [0.15, 0.2) is 40.9 Å². The predicted molar refractivity (Wildman–Crippen MR) is 161 cm³/mol. The Morgan fingerprint density at radius 2 is 1.69 bits per heavy atom. The third-order valence-corrected chi connectivity index (χ3v) is 8.98. The molecule has 0 aliphatic carbocycles. The number of nitriles is 2. The fourth-order valence-corrected chi connectivity index (χ4v) is 6.52. The van der Waals surface area contributed by atoms with Crippen LogP contribution in [0.4, 0.5) is 17.5 Å². The Morgan fingerprint density at radius 3 is 2.21 bits per heavy atom. The van der Waals surface area contributed by atoms with E-state index in [9.17, 15) is 19.9 Å². The van der Waals surface area contributed by atoms with Crippen LogP contribution in [0.1, 0.15) is 43.0 Å². The standard InChI is InChI=1S/C28H31BrN7O5P/c1-16(2)40-27(37)19(5)35-42(38,15-39-6)36(22-9-7-20(13-30)8-10-22)28-33-25(32)23(29)26(34-28)41-24-17(3)11-21(14-31)12-18(24)4/h7-12,16,19H,15H2,1-6H3,(H,35,38)(H2,32,33,34). The van der Waals surface area contributed by atoms with Gasteiger partial charge in [0.15, 0.2) is 0 Å². The van der Waals surface area contributed by atoms with E-state index in [1.165, 1.54) is 18.7 Å². The Morgan fingerprint density at radius 1 is 1.10 bits per heavy atom. The van der Waals surface area contributed by atoms with Gasteiger partial charge in [0, 0.05) is 7.11 Å². The number of aromatic nitrogens is 2. The summed E-state index contributed by atoms with van der Waals surface area (Å²) in [6.07, 6.45) is -0.753. The molecular weight excluding hydrogens is 625 g/mol. The molecule has 0 radical (unpaired) electrons. The van der Waals surface area contributed by atoms with E-state index in [0.29, 0.717) is 33.7 Å². The third kappa shape index (κ3) is 7.44. The Balaban J connectivity index is 2.21. The molecule has 0 fully saturated rings. The number of carbonyl (C=O) groups is 1. The van der Waals surface area contributed by atoms with Gasteiger partial charge < -0.3 is 19.9 Å². The highest BCUT2D eigenvalue weighted by Crippen LogP contribution is 2.53. The molecule has 2 unspecified atom stereocenters. The van der Waals surface area contributed by atoms with Crippen LogP contribution in [-0.2, 0) is 18.8 Å². The fourth-order valence-electron chi connectivity index (χ4n) is 4.01. The predicted octanol–water partition coefficient (Wildman–Crippen LogP) is 5.84. The second kappa shape index (κ2) is 13.8. The van der Waals surface area contributed by atoms with Gasteiger partial charge in [0.05, 0.1) is 35.1 Å². The van der Waals surface area contributed by atoms with E-state index < -0.39 is 19.5 Å². The van der Waals surface area contributed by atoms with Crippen molar-refractivity contribution in [3.05, 3.63) is 63.1 Å². The molecule has 1 aromatic heterocycles. The first-order valence-electron chi connectivity index (χ1n) is 12.7. The molecule has 0 bridgehead atoms. The van der Waals surface area contributed by atoms with Crippen molar-refractivity contribution in [2.24, 2.45) is 0 Å². The molecule has 1 heterocycles. The van der Waals surface area contributed by atoms with Gasteiger partial charge in [-0.2, -0.15) is 20.5 Å². The largest absolute Gasteiger partial charge is 0.462 e. The summed E-state index contributed by atoms with van der Waals surface area (Å²) < 4.78 is 33.1. The lowest BCUT2D eigenvalue weighted by Gasteiger charge is -2.33. The molecule has 42 heavy (non-hydrogen) atoms. The highest BCUT2D eigenvalue weighted by atomic mass is 79.9. The van der Waals surface area contributed by atoms with Crippen molar-refractivity contribution in [1.82, 2.24) is 15.1 Å². The SMILES string of the molecule is COCP(=O)(NC(C)C(=O)OC(C)C)N(c1ccc(C#N)cc1)c1nc(N)c(Br)c(Oc2c(C)cc(C#N)cc2C)n1. The van der Waals surface area contributed by atoms with Crippen LogP contribution in [-0.4, -0.2) is 41.5 Å². The summed E-state index contributed by atoms with van der Waals surface area (Å²) in [5.41, 5.74) is 8.81. The lowest BCUT2D eigenvalue weighted by atomic mass is 10.1. The molecule has 220 valence electrons. The van der Waals surface area contributed by atoms with Crippen LogP contribution in [0.3, 0.4) is 0 Å². The molecule has 2 aromatic carbocycles. The number of nitrogens with two attached hydrogens (primary N) is 1. The summed E-state index contributed by atoms with van der Waals surface area (Å²) in [4.78, 5) is 21.6. The number of benzene rings is 2. The van der Waals surface area contributed by atoms with E-state index in [-0.39, 0.29) is 34.6 Å². The van der Waals surface area contributed by atoms with E-state index >= 15 is 0 Å². The molecule has 0 saturated heterocycles. The van der Waals surface area contributed by atoms with Crippen molar-refractivity contribution in [2.45, 2.75) is 46.8 Å². The van der Waals surface area contributed by atoms with Crippen LogP contribution in [0.25, 0.3) is 0 Å². The molecular formula is C28H31BrN7O5P. The number of nitrogens with zero attached hydrogens (tertiary/aromatic N) is 5. The maximum absolute atomic E-state index is 14.7. The summed E-state index contributed by atoms with van der Waals surface area (Å²) in [5.74, 6) is -0.297. The number of esters is 1. The zero-order valence-electron chi connectivity index (χ0n) is 24.0. The van der Waals surface area contributed by atoms with E-state index in [0.717, 1.165) is 0 Å². The molecule has 3 N–H and O–H groups in total. The van der Waals surface area contributed by atoms with Crippen molar-refractivity contribution in [1.29, 1.82) is 10.5 Å². The minimum Gasteiger partial charge on any atom is -0.462 e. The summed E-state index contributed by atoms with van der Waals surface area (Å²) in [6.45, 7) is 8.52. The van der Waals surface area contributed by atoms with Gasteiger partial charge in [0.25, 0.3) is 7.44 Å². The molecule has 0 aliphatic rings. The van der Waals surface area contributed by atoms with Crippen LogP contribution in [0.5, 0.6) is 11.6 Å². The van der Waals surface area contributed by atoms with Crippen LogP contribution in [0, 0.1) is 36.5 Å². The first-order chi connectivity index (χ1) is 19.8. The van der Waals surface area contributed by atoms with Crippen molar-refractivity contribution in [3.8, 4) is 23.8 Å². The van der Waals surface area contributed by atoms with Gasteiger partial charge in [0.2, 0.25) is 11.8 Å². The van der Waals surface area contributed by atoms with Gasteiger partial charge in [-0.3, -0.25) is 9.36 Å². The van der Waals surface area contributed by atoms with Gasteiger partial charge in [-0.15, -0.1) is 0 Å². The lowest BCUT2D eigenvalue weighted by molar-refractivity contribution is -0.148. The Kier molecular flexibility index (Phi) is 10.7. The van der Waals surface area contributed by atoms with E-state index in [1.54, 1.807) is 64.1 Å². The quantitative estimate of drug-likeness (QED) is 0.187. The highest BCUT2D eigenvalue weighted by molar-refractivity contribution is 9.10. The van der Waals surface area contributed by atoms with Gasteiger partial charge in [-0.05, 0) is 98.1 Å². The minimum atomic E-state index is -3.93. The molecule has 0 saturated carbocycles. The lowest BCUT2D eigenvalue weighted by Crippen LogP contribution is -2.39. The van der Waals surface area contributed by atoms with Crippen LogP contribution in [0.2, 0.25) is 0 Å². The Bertz CT molecular complexity index is 1580. The van der Waals surface area contributed by atoms with Crippen molar-refractivity contribution in [3.63, 3.8) is 0 Å². The first kappa shape index (κ1) is 32.5. The molecule has 2 atom stereocenters. The number of methoxy groups -OCH3 is 1. The third-order valence-electron chi connectivity index (χ3n) is 5.78. The first-order valence-corrected chi connectivity index (χ1v) is 15.4. The smallest absolute Gasteiger partial charge is 0.323 e.